The third-order valence-corrected chi connectivity index (χ3v) is 5.31. The third-order valence-electron chi connectivity index (χ3n) is 5.08. The molecule has 1 N–H and O–H groups in total. The van der Waals surface area contributed by atoms with E-state index >= 15 is 0 Å². The van der Waals surface area contributed by atoms with Gasteiger partial charge in [-0.2, -0.15) is 0 Å². The summed E-state index contributed by atoms with van der Waals surface area (Å²) in [5, 5.41) is 3.28. The zero-order valence-corrected chi connectivity index (χ0v) is 19.1. The Morgan fingerprint density at radius 3 is 2.45 bits per heavy atom. The highest BCUT2D eigenvalue weighted by Crippen LogP contribution is 2.19. The maximum atomic E-state index is 14.5. The van der Waals surface area contributed by atoms with Gasteiger partial charge in [0.2, 0.25) is 5.91 Å². The van der Waals surface area contributed by atoms with Gasteiger partial charge in [-0.1, -0.05) is 66.2 Å². The van der Waals surface area contributed by atoms with Gasteiger partial charge < -0.3 is 15.0 Å². The van der Waals surface area contributed by atoms with Crippen molar-refractivity contribution in [2.24, 2.45) is 0 Å². The first-order valence-corrected chi connectivity index (χ1v) is 11.1. The molecule has 0 aliphatic heterocycles. The molecule has 172 valence electrons. The molecule has 3 aromatic rings. The standard InChI is InChI=1S/C26H26ClFN2O3/c1-2-29-26(32)24(15-19-9-4-3-5-10-19)30(17-20-11-6-7-14-23(20)28)25(31)18-33-22-13-8-12-21(27)16-22/h3-14,16,24H,2,15,17-18H2,1H3,(H,29,32). The Labute approximate surface area is 198 Å². The second kappa shape index (κ2) is 12.0. The van der Waals surface area contributed by atoms with Gasteiger partial charge in [0.25, 0.3) is 5.91 Å². The first kappa shape index (κ1) is 24.3. The zero-order chi connectivity index (χ0) is 23.6. The maximum Gasteiger partial charge on any atom is 0.261 e. The van der Waals surface area contributed by atoms with E-state index in [0.29, 0.717) is 22.9 Å². The monoisotopic (exact) mass is 468 g/mol. The predicted molar refractivity (Wildman–Crippen MR) is 127 cm³/mol. The first-order valence-electron chi connectivity index (χ1n) is 10.7. The van der Waals surface area contributed by atoms with Crippen molar-refractivity contribution >= 4 is 23.4 Å². The Morgan fingerprint density at radius 2 is 1.76 bits per heavy atom. The van der Waals surface area contributed by atoms with Crippen LogP contribution in [0.15, 0.2) is 78.9 Å². The molecule has 5 nitrogen and oxygen atoms in total. The number of rotatable bonds is 10. The minimum absolute atomic E-state index is 0.0704. The number of hydrogen-bond donors (Lipinski definition) is 1. The lowest BCUT2D eigenvalue weighted by molar-refractivity contribution is -0.142. The lowest BCUT2D eigenvalue weighted by Crippen LogP contribution is -2.51. The second-order valence-electron chi connectivity index (χ2n) is 7.46. The van der Waals surface area contributed by atoms with Crippen LogP contribution in [-0.4, -0.2) is 35.9 Å². The van der Waals surface area contributed by atoms with Crippen LogP contribution in [0.25, 0.3) is 0 Å². The maximum absolute atomic E-state index is 14.5. The molecular formula is C26H26ClFN2O3. The van der Waals surface area contributed by atoms with Gasteiger partial charge in [-0.3, -0.25) is 9.59 Å². The highest BCUT2D eigenvalue weighted by molar-refractivity contribution is 6.30. The van der Waals surface area contributed by atoms with Crippen molar-refractivity contribution in [3.63, 3.8) is 0 Å². The molecule has 0 fully saturated rings. The molecule has 33 heavy (non-hydrogen) atoms. The van der Waals surface area contributed by atoms with E-state index in [4.69, 9.17) is 16.3 Å². The zero-order valence-electron chi connectivity index (χ0n) is 18.3. The summed E-state index contributed by atoms with van der Waals surface area (Å²) in [5.74, 6) is -0.765. The molecule has 2 amide bonds. The van der Waals surface area contributed by atoms with Crippen molar-refractivity contribution in [1.29, 1.82) is 0 Å². The van der Waals surface area contributed by atoms with E-state index in [1.807, 2.05) is 37.3 Å². The topological polar surface area (TPSA) is 58.6 Å². The van der Waals surface area contributed by atoms with E-state index in [2.05, 4.69) is 5.32 Å². The molecule has 0 aliphatic rings. The molecule has 0 bridgehead atoms. The highest BCUT2D eigenvalue weighted by Gasteiger charge is 2.31. The van der Waals surface area contributed by atoms with Crippen LogP contribution in [0.2, 0.25) is 5.02 Å². The Kier molecular flexibility index (Phi) is 8.84. The third kappa shape index (κ3) is 7.05. The van der Waals surface area contributed by atoms with Crippen LogP contribution < -0.4 is 10.1 Å². The van der Waals surface area contributed by atoms with E-state index < -0.39 is 17.8 Å². The van der Waals surface area contributed by atoms with Crippen LogP contribution in [0, 0.1) is 5.82 Å². The molecule has 0 aromatic heterocycles. The van der Waals surface area contributed by atoms with Gasteiger partial charge in [0.05, 0.1) is 0 Å². The first-order chi connectivity index (χ1) is 16.0. The number of nitrogens with zero attached hydrogens (tertiary/aromatic N) is 1. The minimum atomic E-state index is -0.845. The van der Waals surface area contributed by atoms with Crippen LogP contribution in [0.1, 0.15) is 18.1 Å². The fraction of sp³-hybridized carbons (Fsp3) is 0.231. The molecular weight excluding hydrogens is 443 g/mol. The summed E-state index contributed by atoms with van der Waals surface area (Å²) in [6.45, 7) is 1.83. The number of amides is 2. The largest absolute Gasteiger partial charge is 0.484 e. The summed E-state index contributed by atoms with van der Waals surface area (Å²) in [7, 11) is 0. The molecule has 3 aromatic carbocycles. The number of benzene rings is 3. The molecule has 0 saturated heterocycles. The van der Waals surface area contributed by atoms with Crippen LogP contribution >= 0.6 is 11.6 Å². The quantitative estimate of drug-likeness (QED) is 0.472. The molecule has 0 saturated carbocycles. The van der Waals surface area contributed by atoms with Gasteiger partial charge in [-0.25, -0.2) is 4.39 Å². The van der Waals surface area contributed by atoms with Gasteiger partial charge >= 0.3 is 0 Å². The number of hydrogen-bond acceptors (Lipinski definition) is 3. The van der Waals surface area contributed by atoms with E-state index in [-0.39, 0.29) is 25.5 Å². The van der Waals surface area contributed by atoms with Gasteiger partial charge in [-0.05, 0) is 36.8 Å². The average Bonchev–Trinajstić information content (AvgIpc) is 2.82. The van der Waals surface area contributed by atoms with E-state index in [9.17, 15) is 14.0 Å². The number of halogens is 2. The Bertz CT molecular complexity index is 1080. The van der Waals surface area contributed by atoms with Crippen molar-refractivity contribution in [3.05, 3.63) is 101 Å². The molecule has 0 spiro atoms. The van der Waals surface area contributed by atoms with Crippen LogP contribution in [0.3, 0.4) is 0 Å². The Morgan fingerprint density at radius 1 is 1.03 bits per heavy atom. The number of carbonyl (C=O) groups is 2. The summed E-state index contributed by atoms with van der Waals surface area (Å²) in [4.78, 5) is 27.7. The van der Waals surface area contributed by atoms with Crippen LogP contribution in [-0.2, 0) is 22.6 Å². The Balaban J connectivity index is 1.90. The summed E-state index contributed by atoms with van der Waals surface area (Å²) >= 11 is 5.99. The molecule has 1 atom stereocenters. The second-order valence-corrected chi connectivity index (χ2v) is 7.90. The van der Waals surface area contributed by atoms with Crippen molar-refractivity contribution in [3.8, 4) is 5.75 Å². The fourth-order valence-corrected chi connectivity index (χ4v) is 3.62. The fourth-order valence-electron chi connectivity index (χ4n) is 3.44. The van der Waals surface area contributed by atoms with Gasteiger partial charge in [0, 0.05) is 30.1 Å². The number of ether oxygens (including phenoxy) is 1. The van der Waals surface area contributed by atoms with Crippen LogP contribution in [0.5, 0.6) is 5.75 Å². The lowest BCUT2D eigenvalue weighted by Gasteiger charge is -2.31. The number of carbonyl (C=O) groups excluding carboxylic acids is 2. The summed E-state index contributed by atoms with van der Waals surface area (Å²) in [5.41, 5.74) is 1.20. The Hall–Kier alpha value is -3.38. The summed E-state index contributed by atoms with van der Waals surface area (Å²) < 4.78 is 20.1. The lowest BCUT2D eigenvalue weighted by atomic mass is 10.0. The van der Waals surface area contributed by atoms with E-state index in [1.54, 1.807) is 42.5 Å². The molecule has 3 rings (SSSR count). The average molecular weight is 469 g/mol. The number of nitrogens with one attached hydrogen (secondary N) is 1. The summed E-state index contributed by atoms with van der Waals surface area (Å²) in [6, 6.07) is 21.5. The van der Waals surface area contributed by atoms with Crippen molar-refractivity contribution in [2.75, 3.05) is 13.2 Å². The van der Waals surface area contributed by atoms with E-state index in [0.717, 1.165) is 5.56 Å². The van der Waals surface area contributed by atoms with Crippen LogP contribution in [0.4, 0.5) is 4.39 Å². The molecule has 7 heteroatoms. The summed E-state index contributed by atoms with van der Waals surface area (Å²) in [6.07, 6.45) is 0.282. The highest BCUT2D eigenvalue weighted by atomic mass is 35.5. The molecule has 0 radical (unpaired) electrons. The minimum Gasteiger partial charge on any atom is -0.484 e. The smallest absolute Gasteiger partial charge is 0.261 e. The molecule has 0 aliphatic carbocycles. The van der Waals surface area contributed by atoms with Crippen molar-refractivity contribution in [1.82, 2.24) is 10.2 Å². The molecule has 0 heterocycles. The van der Waals surface area contributed by atoms with E-state index in [1.165, 1.54) is 11.0 Å². The SMILES string of the molecule is CCNC(=O)C(Cc1ccccc1)N(Cc1ccccc1F)C(=O)COc1cccc(Cl)c1. The van der Waals surface area contributed by atoms with Gasteiger partial charge in [-0.15, -0.1) is 0 Å². The van der Waals surface area contributed by atoms with Crippen molar-refractivity contribution < 1.29 is 18.7 Å². The molecule has 1 unspecified atom stereocenters. The van der Waals surface area contributed by atoms with Gasteiger partial charge in [0.15, 0.2) is 6.61 Å². The van der Waals surface area contributed by atoms with Gasteiger partial charge in [0.1, 0.15) is 17.6 Å². The van der Waals surface area contributed by atoms with Crippen molar-refractivity contribution in [2.45, 2.75) is 25.9 Å². The normalized spacial score (nSPS) is 11.5. The number of likely N-dealkylation sites (N-methyl/N-ethyl adjacent to an activating group) is 1. The predicted octanol–water partition coefficient (Wildman–Crippen LogP) is 4.63.